The minimum absolute atomic E-state index is 0.0575. The summed E-state index contributed by atoms with van der Waals surface area (Å²) in [7, 11) is 1.63. The Balaban J connectivity index is 1.75. The Hall–Kier alpha value is -2.83. The third-order valence-corrected chi connectivity index (χ3v) is 5.80. The summed E-state index contributed by atoms with van der Waals surface area (Å²) in [5.41, 5.74) is 0.270. The van der Waals surface area contributed by atoms with E-state index in [0.29, 0.717) is 45.5 Å². The molecule has 0 bridgehead atoms. The van der Waals surface area contributed by atoms with E-state index in [1.54, 1.807) is 13.3 Å². The van der Waals surface area contributed by atoms with Gasteiger partial charge in [0.05, 0.1) is 19.1 Å². The van der Waals surface area contributed by atoms with Gasteiger partial charge < -0.3 is 18.9 Å². The van der Waals surface area contributed by atoms with Gasteiger partial charge >= 0.3 is 5.97 Å². The maximum absolute atomic E-state index is 13.0. The number of imidazole rings is 1. The van der Waals surface area contributed by atoms with Crippen molar-refractivity contribution >= 4 is 11.9 Å². The molecule has 1 fully saturated rings. The van der Waals surface area contributed by atoms with Gasteiger partial charge in [-0.3, -0.25) is 9.59 Å². The van der Waals surface area contributed by atoms with Gasteiger partial charge in [0.25, 0.3) is 0 Å². The quantitative estimate of drug-likeness (QED) is 0.622. The number of piperidine rings is 1. The molecule has 7 heteroatoms. The number of ether oxygens (including phenoxy) is 2. The van der Waals surface area contributed by atoms with Crippen molar-refractivity contribution in [1.29, 1.82) is 0 Å². The molecule has 1 amide bonds. The number of methoxy groups -OCH3 is 1. The number of likely N-dealkylation sites (tertiary alicyclic amines) is 1. The molecule has 0 saturated carbocycles. The third-order valence-electron chi connectivity index (χ3n) is 5.80. The summed E-state index contributed by atoms with van der Waals surface area (Å²) in [6.45, 7) is 5.70. The molecule has 0 unspecified atom stereocenters. The van der Waals surface area contributed by atoms with Crippen molar-refractivity contribution in [2.75, 3.05) is 26.8 Å². The summed E-state index contributed by atoms with van der Waals surface area (Å²) in [4.78, 5) is 32.0. The summed E-state index contributed by atoms with van der Waals surface area (Å²) in [5, 5.41) is 0. The van der Waals surface area contributed by atoms with Crippen LogP contribution in [-0.2, 0) is 27.3 Å². The Morgan fingerprint density at radius 2 is 2.13 bits per heavy atom. The standard InChI is InChI=1S/C23H31N3O4/c1-4-30-22(28)23(16-19-7-5-8-20(15-19)29-3)10-6-12-26(17-23)21(27)9-13-25-14-11-24-18(25)2/h5,7-8,11,14-15H,4,6,9-10,12-13,16-17H2,1-3H3/t23-/m0/s1. The van der Waals surface area contributed by atoms with Gasteiger partial charge in [-0.2, -0.15) is 0 Å². The first-order chi connectivity index (χ1) is 14.5. The van der Waals surface area contributed by atoms with Crippen LogP contribution in [0.2, 0.25) is 0 Å². The molecule has 7 nitrogen and oxygen atoms in total. The molecule has 1 aliphatic rings. The fraction of sp³-hybridized carbons (Fsp3) is 0.522. The van der Waals surface area contributed by atoms with E-state index in [-0.39, 0.29) is 11.9 Å². The fourth-order valence-corrected chi connectivity index (χ4v) is 4.20. The smallest absolute Gasteiger partial charge is 0.314 e. The van der Waals surface area contributed by atoms with Gasteiger partial charge in [-0.25, -0.2) is 4.98 Å². The molecule has 0 N–H and O–H groups in total. The van der Waals surface area contributed by atoms with Crippen LogP contribution in [0.1, 0.15) is 37.6 Å². The van der Waals surface area contributed by atoms with Crippen molar-refractivity contribution < 1.29 is 19.1 Å². The number of benzene rings is 1. The lowest BCUT2D eigenvalue weighted by atomic mass is 9.75. The van der Waals surface area contributed by atoms with E-state index in [1.165, 1.54) is 0 Å². The van der Waals surface area contributed by atoms with Crippen molar-refractivity contribution in [2.24, 2.45) is 5.41 Å². The zero-order valence-electron chi connectivity index (χ0n) is 18.1. The number of hydrogen-bond acceptors (Lipinski definition) is 5. The normalized spacial score (nSPS) is 18.8. The van der Waals surface area contributed by atoms with Crippen LogP contribution < -0.4 is 4.74 Å². The predicted octanol–water partition coefficient (Wildman–Crippen LogP) is 3.00. The number of carbonyl (C=O) groups excluding carboxylic acids is 2. The van der Waals surface area contributed by atoms with Crippen molar-refractivity contribution in [3.8, 4) is 5.75 Å². The summed E-state index contributed by atoms with van der Waals surface area (Å²) < 4.78 is 12.8. The maximum atomic E-state index is 13.0. The molecule has 3 rings (SSSR count). The van der Waals surface area contributed by atoms with Crippen LogP contribution in [0, 0.1) is 12.3 Å². The Bertz CT molecular complexity index is 879. The van der Waals surface area contributed by atoms with E-state index in [0.717, 1.165) is 23.6 Å². The number of rotatable bonds is 8. The lowest BCUT2D eigenvalue weighted by molar-refractivity contribution is -0.160. The summed E-state index contributed by atoms with van der Waals surface area (Å²) in [6.07, 6.45) is 6.00. The Morgan fingerprint density at radius 1 is 1.30 bits per heavy atom. The lowest BCUT2D eigenvalue weighted by Gasteiger charge is -2.41. The van der Waals surface area contributed by atoms with Crippen LogP contribution in [0.4, 0.5) is 0 Å². The molecular weight excluding hydrogens is 382 g/mol. The Labute approximate surface area is 178 Å². The van der Waals surface area contributed by atoms with Crippen molar-refractivity contribution in [3.05, 3.63) is 48.0 Å². The molecule has 2 aromatic rings. The van der Waals surface area contributed by atoms with Gasteiger partial charge in [-0.15, -0.1) is 0 Å². The van der Waals surface area contributed by atoms with Gasteiger partial charge in [-0.1, -0.05) is 12.1 Å². The van der Waals surface area contributed by atoms with Gasteiger partial charge in [-0.05, 0) is 50.8 Å². The van der Waals surface area contributed by atoms with E-state index in [9.17, 15) is 9.59 Å². The molecule has 30 heavy (non-hydrogen) atoms. The average Bonchev–Trinajstić information content (AvgIpc) is 3.17. The van der Waals surface area contributed by atoms with Gasteiger partial charge in [0.1, 0.15) is 11.6 Å². The topological polar surface area (TPSA) is 73.7 Å². The molecule has 1 atom stereocenters. The molecule has 0 radical (unpaired) electrons. The highest BCUT2D eigenvalue weighted by Crippen LogP contribution is 2.36. The first-order valence-electron chi connectivity index (χ1n) is 10.5. The van der Waals surface area contributed by atoms with Gasteiger partial charge in [0.15, 0.2) is 0 Å². The number of esters is 1. The van der Waals surface area contributed by atoms with Crippen molar-refractivity contribution in [3.63, 3.8) is 0 Å². The largest absolute Gasteiger partial charge is 0.497 e. The second-order valence-electron chi connectivity index (χ2n) is 7.87. The predicted molar refractivity (Wildman–Crippen MR) is 113 cm³/mol. The maximum Gasteiger partial charge on any atom is 0.314 e. The summed E-state index contributed by atoms with van der Waals surface area (Å²) in [6, 6.07) is 7.75. The molecule has 0 spiro atoms. The van der Waals surface area contributed by atoms with E-state index in [2.05, 4.69) is 4.98 Å². The van der Waals surface area contributed by atoms with Gasteiger partial charge in [0.2, 0.25) is 5.91 Å². The molecule has 1 saturated heterocycles. The van der Waals surface area contributed by atoms with Crippen LogP contribution in [-0.4, -0.2) is 53.1 Å². The molecule has 162 valence electrons. The highest BCUT2D eigenvalue weighted by molar-refractivity contribution is 5.81. The summed E-state index contributed by atoms with van der Waals surface area (Å²) in [5.74, 6) is 1.48. The van der Waals surface area contributed by atoms with Gasteiger partial charge in [0, 0.05) is 38.4 Å². The molecule has 1 aromatic carbocycles. The van der Waals surface area contributed by atoms with E-state index < -0.39 is 5.41 Å². The number of carbonyl (C=O) groups is 2. The van der Waals surface area contributed by atoms with Crippen LogP contribution >= 0.6 is 0 Å². The fourth-order valence-electron chi connectivity index (χ4n) is 4.20. The average molecular weight is 414 g/mol. The van der Waals surface area contributed by atoms with Crippen molar-refractivity contribution in [2.45, 2.75) is 46.1 Å². The Morgan fingerprint density at radius 3 is 2.83 bits per heavy atom. The zero-order valence-corrected chi connectivity index (χ0v) is 18.1. The van der Waals surface area contributed by atoms with Crippen LogP contribution in [0.25, 0.3) is 0 Å². The Kier molecular flexibility index (Phi) is 7.13. The van der Waals surface area contributed by atoms with Crippen LogP contribution in [0.5, 0.6) is 5.75 Å². The lowest BCUT2D eigenvalue weighted by Crippen LogP contribution is -2.51. The summed E-state index contributed by atoms with van der Waals surface area (Å²) >= 11 is 0. The second-order valence-corrected chi connectivity index (χ2v) is 7.87. The number of amides is 1. The molecular formula is C23H31N3O4. The highest BCUT2D eigenvalue weighted by atomic mass is 16.5. The first-order valence-corrected chi connectivity index (χ1v) is 10.5. The van der Waals surface area contributed by atoms with Crippen molar-refractivity contribution in [1.82, 2.24) is 14.5 Å². The minimum Gasteiger partial charge on any atom is -0.497 e. The highest BCUT2D eigenvalue weighted by Gasteiger charge is 2.44. The molecule has 1 aromatic heterocycles. The molecule has 2 heterocycles. The van der Waals surface area contributed by atoms with Crippen LogP contribution in [0.3, 0.4) is 0 Å². The SMILES string of the molecule is CCOC(=O)[C@]1(Cc2cccc(OC)c2)CCCN(C(=O)CCn2ccnc2C)C1. The monoisotopic (exact) mass is 413 g/mol. The van der Waals surface area contributed by atoms with E-state index in [1.807, 2.05) is 53.8 Å². The van der Waals surface area contributed by atoms with E-state index in [4.69, 9.17) is 9.47 Å². The molecule has 1 aliphatic heterocycles. The number of aromatic nitrogens is 2. The number of aryl methyl sites for hydroxylation is 2. The third kappa shape index (κ3) is 5.01. The second kappa shape index (κ2) is 9.78. The molecule has 0 aliphatic carbocycles. The zero-order chi connectivity index (χ0) is 21.6. The number of nitrogens with zero attached hydrogens (tertiary/aromatic N) is 3. The minimum atomic E-state index is -0.735. The van der Waals surface area contributed by atoms with Crippen LogP contribution in [0.15, 0.2) is 36.7 Å². The first kappa shape index (κ1) is 21.9. The number of hydrogen-bond donors (Lipinski definition) is 0. The van der Waals surface area contributed by atoms with E-state index >= 15 is 0 Å².